The van der Waals surface area contributed by atoms with E-state index in [1.165, 1.54) is 12.4 Å². The summed E-state index contributed by atoms with van der Waals surface area (Å²) in [5.74, 6) is 0.860. The van der Waals surface area contributed by atoms with Gasteiger partial charge in [-0.1, -0.05) is 13.8 Å². The third-order valence-corrected chi connectivity index (χ3v) is 4.32. The number of ether oxygens (including phenoxy) is 1. The molecule has 28 heavy (non-hydrogen) atoms. The number of halogens is 1. The van der Waals surface area contributed by atoms with Gasteiger partial charge in [0.05, 0.1) is 36.5 Å². The lowest BCUT2D eigenvalue weighted by atomic mass is 9.89. The van der Waals surface area contributed by atoms with Gasteiger partial charge >= 0.3 is 0 Å². The van der Waals surface area contributed by atoms with Crippen LogP contribution in [0.25, 0.3) is 0 Å². The monoisotopic (exact) mass is 386 g/mol. The van der Waals surface area contributed by atoms with E-state index in [0.717, 1.165) is 13.1 Å². The van der Waals surface area contributed by atoms with E-state index in [1.54, 1.807) is 19.9 Å². The van der Waals surface area contributed by atoms with Crippen LogP contribution in [0.4, 0.5) is 21.7 Å². The lowest BCUT2D eigenvalue weighted by Crippen LogP contribution is -2.42. The SMILES string of the molecule is CC(C)(CF)c1nnc(Nc2cnc(C#N)cn2)cc1NC[C@@H]1CNCCO1. The van der Waals surface area contributed by atoms with Gasteiger partial charge in [0, 0.05) is 31.1 Å². The van der Waals surface area contributed by atoms with E-state index in [1.807, 2.05) is 6.07 Å². The fourth-order valence-electron chi connectivity index (χ4n) is 2.71. The van der Waals surface area contributed by atoms with E-state index >= 15 is 0 Å². The summed E-state index contributed by atoms with van der Waals surface area (Å²) in [7, 11) is 0. The molecule has 10 heteroatoms. The summed E-state index contributed by atoms with van der Waals surface area (Å²) in [5.41, 5.74) is 0.652. The first kappa shape index (κ1) is 19.9. The minimum atomic E-state index is -0.784. The van der Waals surface area contributed by atoms with Crippen LogP contribution in [0.15, 0.2) is 18.5 Å². The first-order valence-electron chi connectivity index (χ1n) is 9.01. The third kappa shape index (κ3) is 4.88. The molecule has 0 bridgehead atoms. The smallest absolute Gasteiger partial charge is 0.158 e. The normalized spacial score (nSPS) is 17.0. The lowest BCUT2D eigenvalue weighted by Gasteiger charge is -2.27. The molecule has 0 amide bonds. The van der Waals surface area contributed by atoms with Crippen molar-refractivity contribution in [3.8, 4) is 6.07 Å². The van der Waals surface area contributed by atoms with Gasteiger partial charge in [0.1, 0.15) is 18.6 Å². The molecule has 0 spiro atoms. The standard InChI is InChI=1S/C18H23FN8O/c1-18(2,11-19)17-14(23-9-13-8-21-3-4-28-13)5-15(26-27-17)25-16-10-22-12(6-20)7-24-16/h5,7,10,13,21H,3-4,8-9,11H2,1-2H3,(H2,23,24,25,26)/t13-/m0/s1. The van der Waals surface area contributed by atoms with Gasteiger partial charge in [-0.3, -0.25) is 4.39 Å². The van der Waals surface area contributed by atoms with Crippen LogP contribution in [0, 0.1) is 11.3 Å². The maximum Gasteiger partial charge on any atom is 0.158 e. The Kier molecular flexibility index (Phi) is 6.28. The van der Waals surface area contributed by atoms with Crippen LogP contribution >= 0.6 is 0 Å². The molecule has 2 aromatic heterocycles. The first-order chi connectivity index (χ1) is 13.5. The van der Waals surface area contributed by atoms with Gasteiger partial charge in [0.2, 0.25) is 0 Å². The summed E-state index contributed by atoms with van der Waals surface area (Å²) in [6.45, 7) is 5.80. The Morgan fingerprint density at radius 3 is 2.82 bits per heavy atom. The van der Waals surface area contributed by atoms with Crippen molar-refractivity contribution in [2.75, 3.05) is 43.5 Å². The molecule has 0 unspecified atom stereocenters. The van der Waals surface area contributed by atoms with Gasteiger partial charge in [-0.05, 0) is 0 Å². The van der Waals surface area contributed by atoms with Crippen LogP contribution in [0.2, 0.25) is 0 Å². The van der Waals surface area contributed by atoms with Crippen molar-refractivity contribution in [3.63, 3.8) is 0 Å². The molecule has 1 atom stereocenters. The summed E-state index contributed by atoms with van der Waals surface area (Å²) < 4.78 is 19.3. The molecule has 2 aromatic rings. The van der Waals surface area contributed by atoms with Gasteiger partial charge in [-0.25, -0.2) is 9.97 Å². The number of nitrogens with zero attached hydrogens (tertiary/aromatic N) is 5. The molecule has 0 aromatic carbocycles. The lowest BCUT2D eigenvalue weighted by molar-refractivity contribution is 0.0372. The van der Waals surface area contributed by atoms with E-state index in [9.17, 15) is 4.39 Å². The Labute approximate surface area is 162 Å². The van der Waals surface area contributed by atoms with E-state index in [4.69, 9.17) is 10.00 Å². The Bertz CT molecular complexity index is 830. The number of hydrogen-bond acceptors (Lipinski definition) is 9. The molecule has 3 N–H and O–H groups in total. The fourth-order valence-corrected chi connectivity index (χ4v) is 2.71. The molecule has 3 rings (SSSR count). The van der Waals surface area contributed by atoms with Crippen LogP contribution in [-0.4, -0.2) is 59.2 Å². The zero-order valence-corrected chi connectivity index (χ0v) is 15.9. The largest absolute Gasteiger partial charge is 0.381 e. The van der Waals surface area contributed by atoms with Gasteiger partial charge in [-0.2, -0.15) is 10.4 Å². The van der Waals surface area contributed by atoms with Crippen LogP contribution < -0.4 is 16.0 Å². The molecule has 3 heterocycles. The average molecular weight is 386 g/mol. The van der Waals surface area contributed by atoms with Crippen molar-refractivity contribution in [2.45, 2.75) is 25.4 Å². The van der Waals surface area contributed by atoms with Crippen LogP contribution in [0.5, 0.6) is 0 Å². The second-order valence-corrected chi connectivity index (χ2v) is 7.11. The molecule has 9 nitrogen and oxygen atoms in total. The summed E-state index contributed by atoms with van der Waals surface area (Å²) >= 11 is 0. The molecule has 148 valence electrons. The Morgan fingerprint density at radius 2 is 2.18 bits per heavy atom. The molecule has 0 radical (unpaired) electrons. The fraction of sp³-hybridized carbons (Fsp3) is 0.500. The summed E-state index contributed by atoms with van der Waals surface area (Å²) in [6.07, 6.45) is 2.82. The number of hydrogen-bond donors (Lipinski definition) is 3. The van der Waals surface area contributed by atoms with Gasteiger partial charge < -0.3 is 20.7 Å². The molecule has 1 aliphatic rings. The molecular formula is C18H23FN8O. The van der Waals surface area contributed by atoms with Gasteiger partial charge in [0.25, 0.3) is 0 Å². The van der Waals surface area contributed by atoms with Crippen molar-refractivity contribution in [1.82, 2.24) is 25.5 Å². The third-order valence-electron chi connectivity index (χ3n) is 4.32. The molecule has 0 aliphatic carbocycles. The van der Waals surface area contributed by atoms with Crippen molar-refractivity contribution < 1.29 is 9.13 Å². The Morgan fingerprint density at radius 1 is 1.32 bits per heavy atom. The Hall–Kier alpha value is -2.90. The van der Waals surface area contributed by atoms with E-state index < -0.39 is 12.1 Å². The second kappa shape index (κ2) is 8.86. The minimum absolute atomic E-state index is 0.0176. The molecule has 1 aliphatic heterocycles. The van der Waals surface area contributed by atoms with Gasteiger partial charge in [-0.15, -0.1) is 5.10 Å². The molecular weight excluding hydrogens is 363 g/mol. The van der Waals surface area contributed by atoms with Crippen LogP contribution in [-0.2, 0) is 10.2 Å². The number of morpholine rings is 1. The quantitative estimate of drug-likeness (QED) is 0.650. The zero-order chi connectivity index (χ0) is 20.0. The highest BCUT2D eigenvalue weighted by atomic mass is 19.1. The van der Waals surface area contributed by atoms with Crippen molar-refractivity contribution >= 4 is 17.3 Å². The van der Waals surface area contributed by atoms with E-state index in [2.05, 4.69) is 36.1 Å². The number of nitriles is 1. The van der Waals surface area contributed by atoms with Gasteiger partial charge in [0.15, 0.2) is 11.5 Å². The number of alkyl halides is 1. The van der Waals surface area contributed by atoms with Crippen molar-refractivity contribution in [3.05, 3.63) is 29.8 Å². The van der Waals surface area contributed by atoms with Crippen molar-refractivity contribution in [2.24, 2.45) is 0 Å². The van der Waals surface area contributed by atoms with Crippen LogP contribution in [0.1, 0.15) is 25.2 Å². The number of nitrogens with one attached hydrogen (secondary N) is 3. The predicted octanol–water partition coefficient (Wildman–Crippen LogP) is 1.53. The number of aromatic nitrogens is 4. The predicted molar refractivity (Wildman–Crippen MR) is 102 cm³/mol. The highest BCUT2D eigenvalue weighted by Crippen LogP contribution is 2.30. The van der Waals surface area contributed by atoms with Crippen molar-refractivity contribution in [1.29, 1.82) is 5.26 Å². The van der Waals surface area contributed by atoms with Crippen LogP contribution in [0.3, 0.4) is 0 Å². The summed E-state index contributed by atoms with van der Waals surface area (Å²) in [5, 5.41) is 26.8. The maximum absolute atomic E-state index is 13.6. The van der Waals surface area contributed by atoms with E-state index in [-0.39, 0.29) is 11.8 Å². The molecule has 1 fully saturated rings. The highest BCUT2D eigenvalue weighted by Gasteiger charge is 2.27. The second-order valence-electron chi connectivity index (χ2n) is 7.11. The minimum Gasteiger partial charge on any atom is -0.381 e. The average Bonchev–Trinajstić information content (AvgIpc) is 2.73. The maximum atomic E-state index is 13.6. The first-order valence-corrected chi connectivity index (χ1v) is 9.01. The topological polar surface area (TPSA) is 121 Å². The number of anilines is 3. The molecule has 0 saturated carbocycles. The number of rotatable bonds is 7. The summed E-state index contributed by atoms with van der Waals surface area (Å²) in [6, 6.07) is 3.67. The summed E-state index contributed by atoms with van der Waals surface area (Å²) in [4.78, 5) is 8.07. The molecule has 1 saturated heterocycles. The Balaban J connectivity index is 1.80. The zero-order valence-electron chi connectivity index (χ0n) is 15.9. The highest BCUT2D eigenvalue weighted by molar-refractivity contribution is 5.60. The van der Waals surface area contributed by atoms with E-state index in [0.29, 0.717) is 36.2 Å².